The number of nitrogens with zero attached hydrogens (tertiary/aromatic N) is 1. The first-order chi connectivity index (χ1) is 13.6. The van der Waals surface area contributed by atoms with Crippen LogP contribution >= 0.6 is 0 Å². The van der Waals surface area contributed by atoms with Gasteiger partial charge in [0.05, 0.1) is 0 Å². The number of carbonyl (C=O) groups excluding carboxylic acids is 2. The second kappa shape index (κ2) is 8.31. The Hall–Kier alpha value is -2.40. The highest BCUT2D eigenvalue weighted by molar-refractivity contribution is 6.07. The first-order valence-electron chi connectivity index (χ1n) is 10.4. The van der Waals surface area contributed by atoms with Crippen molar-refractivity contribution in [2.75, 3.05) is 19.6 Å². The van der Waals surface area contributed by atoms with Crippen LogP contribution < -0.4 is 10.6 Å². The molecule has 4 rings (SSSR count). The number of rotatable bonds is 3. The van der Waals surface area contributed by atoms with Gasteiger partial charge in [0.15, 0.2) is 0 Å². The number of hydrogen-bond donors (Lipinski definition) is 2. The monoisotopic (exact) mass is 379 g/mol. The van der Waals surface area contributed by atoms with Crippen molar-refractivity contribution in [3.8, 4) is 0 Å². The van der Waals surface area contributed by atoms with Crippen LogP contribution in [0.25, 0.3) is 10.8 Å². The zero-order valence-corrected chi connectivity index (χ0v) is 16.5. The van der Waals surface area contributed by atoms with Gasteiger partial charge in [-0.3, -0.25) is 9.59 Å². The molecule has 0 radical (unpaired) electrons. The minimum absolute atomic E-state index is 0.00527. The van der Waals surface area contributed by atoms with Crippen LogP contribution in [0.2, 0.25) is 0 Å². The molecular formula is C23H29N3O2. The zero-order chi connectivity index (χ0) is 19.5. The van der Waals surface area contributed by atoms with Crippen molar-refractivity contribution in [2.45, 2.75) is 44.7 Å². The van der Waals surface area contributed by atoms with Gasteiger partial charge in [0.2, 0.25) is 5.91 Å². The number of nitrogens with one attached hydrogen (secondary N) is 2. The predicted molar refractivity (Wildman–Crippen MR) is 111 cm³/mol. The molecule has 2 heterocycles. The number of benzene rings is 2. The van der Waals surface area contributed by atoms with Crippen molar-refractivity contribution in [3.05, 3.63) is 48.0 Å². The van der Waals surface area contributed by atoms with Crippen molar-refractivity contribution < 1.29 is 9.59 Å². The van der Waals surface area contributed by atoms with Gasteiger partial charge < -0.3 is 15.5 Å². The van der Waals surface area contributed by atoms with Crippen LogP contribution in [-0.4, -0.2) is 48.4 Å². The fourth-order valence-corrected chi connectivity index (χ4v) is 4.47. The molecule has 2 aromatic carbocycles. The summed E-state index contributed by atoms with van der Waals surface area (Å²) in [6.07, 6.45) is 3.61. The summed E-state index contributed by atoms with van der Waals surface area (Å²) in [6, 6.07) is 14.4. The van der Waals surface area contributed by atoms with E-state index in [-0.39, 0.29) is 23.8 Å². The highest BCUT2D eigenvalue weighted by Crippen LogP contribution is 2.24. The van der Waals surface area contributed by atoms with Crippen LogP contribution in [-0.2, 0) is 4.79 Å². The molecule has 0 aromatic heterocycles. The lowest BCUT2D eigenvalue weighted by Crippen LogP contribution is -2.54. The number of carbonyl (C=O) groups is 2. The van der Waals surface area contributed by atoms with Gasteiger partial charge in [-0.25, -0.2) is 0 Å². The Bertz CT molecular complexity index is 853. The van der Waals surface area contributed by atoms with E-state index in [1.165, 1.54) is 0 Å². The number of piperidine rings is 2. The molecule has 28 heavy (non-hydrogen) atoms. The Morgan fingerprint density at radius 1 is 1.04 bits per heavy atom. The third-order valence-electron chi connectivity index (χ3n) is 6.26. The largest absolute Gasteiger partial charge is 0.352 e. The number of amides is 2. The fourth-order valence-electron chi connectivity index (χ4n) is 4.47. The molecule has 5 heteroatoms. The second-order valence-corrected chi connectivity index (χ2v) is 8.09. The molecule has 2 saturated heterocycles. The summed E-state index contributed by atoms with van der Waals surface area (Å²) in [5.41, 5.74) is 0.753. The third-order valence-corrected chi connectivity index (χ3v) is 6.26. The molecule has 0 spiro atoms. The van der Waals surface area contributed by atoms with Gasteiger partial charge in [-0.2, -0.15) is 0 Å². The molecule has 2 atom stereocenters. The van der Waals surface area contributed by atoms with Crippen molar-refractivity contribution >= 4 is 22.6 Å². The van der Waals surface area contributed by atoms with Crippen molar-refractivity contribution in [3.63, 3.8) is 0 Å². The third kappa shape index (κ3) is 3.90. The van der Waals surface area contributed by atoms with E-state index in [1.807, 2.05) is 47.4 Å². The van der Waals surface area contributed by atoms with E-state index in [4.69, 9.17) is 0 Å². The highest BCUT2D eigenvalue weighted by atomic mass is 16.2. The first-order valence-corrected chi connectivity index (χ1v) is 10.4. The van der Waals surface area contributed by atoms with E-state index in [1.54, 1.807) is 0 Å². The summed E-state index contributed by atoms with van der Waals surface area (Å²) >= 11 is 0. The Balaban J connectivity index is 1.37. The summed E-state index contributed by atoms with van der Waals surface area (Å²) in [7, 11) is 0. The molecule has 148 valence electrons. The first kappa shape index (κ1) is 18.9. The fraction of sp³-hybridized carbons (Fsp3) is 0.478. The number of likely N-dealkylation sites (tertiary alicyclic amines) is 1. The van der Waals surface area contributed by atoms with Crippen LogP contribution in [0.1, 0.15) is 43.0 Å². The summed E-state index contributed by atoms with van der Waals surface area (Å²) in [5.74, 6) is 0.226. The minimum atomic E-state index is 0.00527. The molecule has 5 nitrogen and oxygen atoms in total. The lowest BCUT2D eigenvalue weighted by Gasteiger charge is -2.35. The molecular weight excluding hydrogens is 350 g/mol. The lowest BCUT2D eigenvalue weighted by molar-refractivity contribution is -0.127. The van der Waals surface area contributed by atoms with Gasteiger partial charge in [0.1, 0.15) is 0 Å². The van der Waals surface area contributed by atoms with Crippen LogP contribution in [0.15, 0.2) is 42.5 Å². The molecule has 2 aromatic rings. The number of hydrogen-bond acceptors (Lipinski definition) is 3. The summed E-state index contributed by atoms with van der Waals surface area (Å²) in [6.45, 7) is 4.44. The quantitative estimate of drug-likeness (QED) is 0.862. The molecule has 0 saturated carbocycles. The van der Waals surface area contributed by atoms with E-state index < -0.39 is 0 Å². The van der Waals surface area contributed by atoms with Gasteiger partial charge in [-0.1, -0.05) is 36.4 Å². The van der Waals surface area contributed by atoms with Gasteiger partial charge in [0.25, 0.3) is 5.91 Å². The minimum Gasteiger partial charge on any atom is -0.352 e. The average molecular weight is 380 g/mol. The van der Waals surface area contributed by atoms with Crippen LogP contribution in [0.3, 0.4) is 0 Å². The smallest absolute Gasteiger partial charge is 0.254 e. The molecule has 2 aliphatic heterocycles. The molecule has 0 aliphatic carbocycles. The summed E-state index contributed by atoms with van der Waals surface area (Å²) in [5, 5.41) is 8.74. The Morgan fingerprint density at radius 3 is 2.57 bits per heavy atom. The van der Waals surface area contributed by atoms with E-state index >= 15 is 0 Å². The topological polar surface area (TPSA) is 61.4 Å². The molecule has 2 amide bonds. The Morgan fingerprint density at radius 2 is 1.79 bits per heavy atom. The molecule has 2 aliphatic rings. The van der Waals surface area contributed by atoms with Crippen molar-refractivity contribution in [1.29, 1.82) is 0 Å². The van der Waals surface area contributed by atoms with Crippen molar-refractivity contribution in [2.24, 2.45) is 5.92 Å². The van der Waals surface area contributed by atoms with E-state index in [9.17, 15) is 9.59 Å². The van der Waals surface area contributed by atoms with Crippen molar-refractivity contribution in [1.82, 2.24) is 15.5 Å². The maximum Gasteiger partial charge on any atom is 0.254 e. The molecule has 0 bridgehead atoms. The molecule has 2 unspecified atom stereocenters. The highest BCUT2D eigenvalue weighted by Gasteiger charge is 2.30. The summed E-state index contributed by atoms with van der Waals surface area (Å²) < 4.78 is 0. The normalized spacial score (nSPS) is 23.5. The van der Waals surface area contributed by atoms with Gasteiger partial charge in [-0.15, -0.1) is 0 Å². The van der Waals surface area contributed by atoms with Gasteiger partial charge in [0, 0.05) is 36.7 Å². The SMILES string of the molecule is CC1NCCCC1NC(=O)C1CCN(C(=O)c2cccc3ccccc23)CC1. The lowest BCUT2D eigenvalue weighted by atomic mass is 9.93. The molecule has 2 fully saturated rings. The Kier molecular flexibility index (Phi) is 5.62. The van der Waals surface area contributed by atoms with Gasteiger partial charge >= 0.3 is 0 Å². The average Bonchev–Trinajstić information content (AvgIpc) is 2.74. The second-order valence-electron chi connectivity index (χ2n) is 8.09. The Labute approximate surface area is 166 Å². The summed E-state index contributed by atoms with van der Waals surface area (Å²) in [4.78, 5) is 27.7. The van der Waals surface area contributed by atoms with Crippen LogP contribution in [0.5, 0.6) is 0 Å². The molecule has 2 N–H and O–H groups in total. The maximum absolute atomic E-state index is 13.1. The van der Waals surface area contributed by atoms with Crippen LogP contribution in [0, 0.1) is 5.92 Å². The van der Waals surface area contributed by atoms with E-state index in [2.05, 4.69) is 17.6 Å². The van der Waals surface area contributed by atoms with Gasteiger partial charge in [-0.05, 0) is 56.0 Å². The van der Waals surface area contributed by atoms with E-state index in [0.29, 0.717) is 19.1 Å². The van der Waals surface area contributed by atoms with E-state index in [0.717, 1.165) is 48.6 Å². The number of fused-ring (bicyclic) bond motifs is 1. The predicted octanol–water partition coefficient (Wildman–Crippen LogP) is 2.95. The zero-order valence-electron chi connectivity index (χ0n) is 16.5. The van der Waals surface area contributed by atoms with Crippen LogP contribution in [0.4, 0.5) is 0 Å². The standard InChI is InChI=1S/C23H29N3O2/c1-16-21(10-5-13-24-16)25-22(27)18-11-14-26(15-12-18)23(28)20-9-4-7-17-6-2-3-8-19(17)20/h2-4,6-9,16,18,21,24H,5,10-15H2,1H3,(H,25,27). The maximum atomic E-state index is 13.1.